The molecular weight excluding hydrogens is 440 g/mol. The van der Waals surface area contributed by atoms with Crippen molar-refractivity contribution in [3.05, 3.63) is 89.5 Å². The van der Waals surface area contributed by atoms with E-state index in [2.05, 4.69) is 13.5 Å². The minimum Gasteiger partial charge on any atom is -0.455 e. The zero-order valence-corrected chi connectivity index (χ0v) is 19.5. The Morgan fingerprint density at radius 2 is 1.97 bits per heavy atom. The van der Waals surface area contributed by atoms with Crippen molar-refractivity contribution >= 4 is 40.7 Å². The maximum absolute atomic E-state index is 12.8. The number of rotatable bonds is 7. The normalized spacial score (nSPS) is 15.8. The molecule has 0 unspecified atom stereocenters. The van der Waals surface area contributed by atoms with Gasteiger partial charge in [-0.15, -0.1) is 11.8 Å². The van der Waals surface area contributed by atoms with Gasteiger partial charge in [-0.2, -0.15) is 0 Å². The van der Waals surface area contributed by atoms with Gasteiger partial charge < -0.3 is 15.4 Å². The van der Waals surface area contributed by atoms with Gasteiger partial charge in [-0.25, -0.2) is 0 Å². The molecule has 0 radical (unpaired) electrons. The molecule has 164 valence electrons. The van der Waals surface area contributed by atoms with Crippen molar-refractivity contribution in [2.24, 2.45) is 5.73 Å². The van der Waals surface area contributed by atoms with Gasteiger partial charge in [-0.3, -0.25) is 4.79 Å². The Balaban J connectivity index is 1.57. The van der Waals surface area contributed by atoms with Gasteiger partial charge in [0, 0.05) is 30.3 Å². The van der Waals surface area contributed by atoms with Crippen LogP contribution >= 0.6 is 23.4 Å². The molecule has 2 N–H and O–H groups in total. The standard InChI is InChI=1S/C26H25ClN2O2S/c1-3-32-25-10-5-4-9-23(25)31-24-14-19(11-12-22(24)27)20-15-26(30)29(16-20)21-8-6-7-18(13-21)17(2)28/h4-14,20H,2-3,15-16,28H2,1H3/t20-/m0/s1. The second-order valence-electron chi connectivity index (χ2n) is 7.65. The predicted molar refractivity (Wildman–Crippen MR) is 134 cm³/mol. The van der Waals surface area contributed by atoms with Crippen molar-refractivity contribution < 1.29 is 9.53 Å². The summed E-state index contributed by atoms with van der Waals surface area (Å²) in [6, 6.07) is 21.3. The topological polar surface area (TPSA) is 55.6 Å². The van der Waals surface area contributed by atoms with Crippen LogP contribution in [0.3, 0.4) is 0 Å². The van der Waals surface area contributed by atoms with Crippen LogP contribution in [0, 0.1) is 0 Å². The monoisotopic (exact) mass is 464 g/mol. The van der Waals surface area contributed by atoms with Gasteiger partial charge in [0.2, 0.25) is 5.91 Å². The molecule has 1 saturated heterocycles. The van der Waals surface area contributed by atoms with Gasteiger partial charge in [0.05, 0.1) is 9.92 Å². The van der Waals surface area contributed by atoms with Crippen LogP contribution in [0.2, 0.25) is 5.02 Å². The van der Waals surface area contributed by atoms with Crippen LogP contribution in [0.1, 0.15) is 30.4 Å². The number of nitrogens with zero attached hydrogens (tertiary/aromatic N) is 1. The van der Waals surface area contributed by atoms with Gasteiger partial charge in [-0.1, -0.05) is 55.4 Å². The molecule has 6 heteroatoms. The third kappa shape index (κ3) is 4.79. The van der Waals surface area contributed by atoms with Gasteiger partial charge in [0.1, 0.15) is 11.5 Å². The number of thioether (sulfide) groups is 1. The van der Waals surface area contributed by atoms with Crippen LogP contribution < -0.4 is 15.4 Å². The molecule has 0 saturated carbocycles. The summed E-state index contributed by atoms with van der Waals surface area (Å²) in [4.78, 5) is 15.7. The first-order valence-corrected chi connectivity index (χ1v) is 11.9. The van der Waals surface area contributed by atoms with Crippen LogP contribution in [0.4, 0.5) is 5.69 Å². The van der Waals surface area contributed by atoms with Crippen molar-refractivity contribution in [3.8, 4) is 11.5 Å². The Morgan fingerprint density at radius 3 is 2.75 bits per heavy atom. The maximum atomic E-state index is 12.8. The Labute approximate surface area is 198 Å². The summed E-state index contributed by atoms with van der Waals surface area (Å²) in [6.45, 7) is 6.49. The van der Waals surface area contributed by atoms with Gasteiger partial charge in [-0.05, 0) is 53.3 Å². The van der Waals surface area contributed by atoms with E-state index < -0.39 is 0 Å². The SMILES string of the molecule is C=C(N)c1cccc(N2C[C@@H](c3ccc(Cl)c(Oc4ccccc4SCC)c3)CC2=O)c1. The molecule has 3 aromatic rings. The number of carbonyl (C=O) groups is 1. The zero-order chi connectivity index (χ0) is 22.7. The molecule has 1 heterocycles. The Kier molecular flexibility index (Phi) is 6.77. The highest BCUT2D eigenvalue weighted by molar-refractivity contribution is 7.99. The van der Waals surface area contributed by atoms with Gasteiger partial charge >= 0.3 is 0 Å². The number of ether oxygens (including phenoxy) is 1. The van der Waals surface area contributed by atoms with E-state index >= 15 is 0 Å². The van der Waals surface area contributed by atoms with Crippen molar-refractivity contribution in [3.63, 3.8) is 0 Å². The first-order chi connectivity index (χ1) is 15.5. The summed E-state index contributed by atoms with van der Waals surface area (Å²) in [6.07, 6.45) is 0.428. The van der Waals surface area contributed by atoms with Crippen LogP contribution in [0.5, 0.6) is 11.5 Å². The average molecular weight is 465 g/mol. The maximum Gasteiger partial charge on any atom is 0.227 e. The van der Waals surface area contributed by atoms with Crippen molar-refractivity contribution in [2.45, 2.75) is 24.2 Å². The van der Waals surface area contributed by atoms with Gasteiger partial charge in [0.15, 0.2) is 0 Å². The van der Waals surface area contributed by atoms with Crippen molar-refractivity contribution in [2.75, 3.05) is 17.2 Å². The van der Waals surface area contributed by atoms with E-state index in [1.54, 1.807) is 16.7 Å². The first kappa shape index (κ1) is 22.3. The van der Waals surface area contributed by atoms with E-state index in [-0.39, 0.29) is 11.8 Å². The molecule has 0 bridgehead atoms. The second-order valence-corrected chi connectivity index (χ2v) is 9.37. The van der Waals surface area contributed by atoms with Crippen LogP contribution in [0.15, 0.2) is 78.2 Å². The third-order valence-electron chi connectivity index (χ3n) is 5.45. The summed E-state index contributed by atoms with van der Waals surface area (Å²) in [7, 11) is 0. The molecule has 1 aliphatic heterocycles. The number of benzene rings is 3. The fourth-order valence-electron chi connectivity index (χ4n) is 3.83. The van der Waals surface area contributed by atoms with Crippen molar-refractivity contribution in [1.82, 2.24) is 0 Å². The number of anilines is 1. The molecule has 32 heavy (non-hydrogen) atoms. The molecule has 1 fully saturated rings. The minimum atomic E-state index is 0.0483. The van der Waals surface area contributed by atoms with E-state index in [4.69, 9.17) is 22.1 Å². The molecule has 4 nitrogen and oxygen atoms in total. The molecule has 1 atom stereocenters. The number of hydrogen-bond acceptors (Lipinski definition) is 4. The van der Waals surface area contributed by atoms with Crippen LogP contribution in [-0.4, -0.2) is 18.2 Å². The summed E-state index contributed by atoms with van der Waals surface area (Å²) in [5.41, 5.74) is 9.00. The molecule has 1 aliphatic rings. The zero-order valence-electron chi connectivity index (χ0n) is 17.9. The number of nitrogens with two attached hydrogens (primary N) is 1. The second kappa shape index (κ2) is 9.72. The number of hydrogen-bond donors (Lipinski definition) is 1. The summed E-state index contributed by atoms with van der Waals surface area (Å²) >= 11 is 8.18. The molecule has 1 amide bonds. The highest BCUT2D eigenvalue weighted by Crippen LogP contribution is 2.39. The number of amides is 1. The molecular formula is C26H25ClN2O2S. The molecule has 0 aromatic heterocycles. The number of para-hydroxylation sites is 1. The van der Waals surface area contributed by atoms with Crippen LogP contribution in [0.25, 0.3) is 5.70 Å². The predicted octanol–water partition coefficient (Wildman–Crippen LogP) is 6.69. The largest absolute Gasteiger partial charge is 0.455 e. The van der Waals surface area contributed by atoms with Crippen LogP contribution in [-0.2, 0) is 4.79 Å². The number of carbonyl (C=O) groups excluding carboxylic acids is 1. The van der Waals surface area contributed by atoms with E-state index in [9.17, 15) is 4.79 Å². The lowest BCUT2D eigenvalue weighted by molar-refractivity contribution is -0.117. The third-order valence-corrected chi connectivity index (χ3v) is 6.70. The molecule has 0 spiro atoms. The lowest BCUT2D eigenvalue weighted by Gasteiger charge is -2.18. The van der Waals surface area contributed by atoms with E-state index in [0.717, 1.165) is 33.2 Å². The Morgan fingerprint density at radius 1 is 1.16 bits per heavy atom. The summed E-state index contributed by atoms with van der Waals surface area (Å²) in [5.74, 6) is 2.46. The van der Waals surface area contributed by atoms with E-state index in [1.807, 2.05) is 66.7 Å². The smallest absolute Gasteiger partial charge is 0.227 e. The lowest BCUT2D eigenvalue weighted by Crippen LogP contribution is -2.24. The Bertz CT molecular complexity index is 1160. The fraction of sp³-hybridized carbons (Fsp3) is 0.192. The highest BCUT2D eigenvalue weighted by Gasteiger charge is 2.32. The Hall–Kier alpha value is -2.89. The first-order valence-electron chi connectivity index (χ1n) is 10.5. The fourth-order valence-corrected chi connectivity index (χ4v) is 4.73. The molecule has 0 aliphatic carbocycles. The molecule has 4 rings (SSSR count). The van der Waals surface area contributed by atoms with Crippen molar-refractivity contribution in [1.29, 1.82) is 0 Å². The summed E-state index contributed by atoms with van der Waals surface area (Å²) in [5, 5.41) is 0.542. The molecule has 3 aromatic carbocycles. The highest BCUT2D eigenvalue weighted by atomic mass is 35.5. The average Bonchev–Trinajstić information content (AvgIpc) is 3.18. The lowest BCUT2D eigenvalue weighted by atomic mass is 9.98. The minimum absolute atomic E-state index is 0.0483. The van der Waals surface area contributed by atoms with E-state index in [0.29, 0.717) is 29.4 Å². The quantitative estimate of drug-likeness (QED) is 0.395. The van der Waals surface area contributed by atoms with Gasteiger partial charge in [0.25, 0.3) is 0 Å². The van der Waals surface area contributed by atoms with E-state index in [1.165, 1.54) is 0 Å². The number of halogens is 1. The summed E-state index contributed by atoms with van der Waals surface area (Å²) < 4.78 is 6.20.